The molecule has 2 atom stereocenters. The Morgan fingerprint density at radius 1 is 1.59 bits per heavy atom. The molecule has 17 heavy (non-hydrogen) atoms. The second-order valence-corrected chi connectivity index (χ2v) is 4.47. The van der Waals surface area contributed by atoms with Crippen LogP contribution in [0.1, 0.15) is 24.6 Å². The minimum Gasteiger partial charge on any atom is -0.381 e. The highest BCUT2D eigenvalue weighted by Gasteiger charge is 2.28. The number of nitrogens with zero attached hydrogens (tertiary/aromatic N) is 3. The summed E-state index contributed by atoms with van der Waals surface area (Å²) in [6.45, 7) is 4.11. The van der Waals surface area contributed by atoms with E-state index in [1.807, 2.05) is 0 Å². The van der Waals surface area contributed by atoms with E-state index in [1.165, 1.54) is 0 Å². The van der Waals surface area contributed by atoms with Gasteiger partial charge in [-0.1, -0.05) is 5.16 Å². The van der Waals surface area contributed by atoms with Crippen LogP contribution in [0.15, 0.2) is 4.52 Å². The smallest absolute Gasteiger partial charge is 0.223 e. The summed E-state index contributed by atoms with van der Waals surface area (Å²) < 4.78 is 10.4. The van der Waals surface area contributed by atoms with Gasteiger partial charge < -0.3 is 15.0 Å². The predicted molar refractivity (Wildman–Crippen MR) is 62.3 cm³/mol. The van der Waals surface area contributed by atoms with Crippen molar-refractivity contribution in [3.8, 4) is 0 Å². The van der Waals surface area contributed by atoms with E-state index in [0.29, 0.717) is 31.1 Å². The van der Waals surface area contributed by atoms with Gasteiger partial charge in [0.15, 0.2) is 5.82 Å². The van der Waals surface area contributed by atoms with E-state index in [1.54, 1.807) is 14.0 Å². The first-order chi connectivity index (χ1) is 8.22. The number of nitrogens with two attached hydrogens (primary N) is 1. The summed E-state index contributed by atoms with van der Waals surface area (Å²) in [7, 11) is 1.76. The van der Waals surface area contributed by atoms with Gasteiger partial charge >= 0.3 is 0 Å². The van der Waals surface area contributed by atoms with Crippen molar-refractivity contribution in [2.24, 2.45) is 5.73 Å². The standard InChI is InChI=1S/C11H20N4O2/c1-8-13-11(14-17-8)7-15-4-3-10(16-2)5-9(15)6-12/h9-10H,3-7,12H2,1-2H3. The lowest BCUT2D eigenvalue weighted by molar-refractivity contribution is 0.00910. The molecule has 1 aliphatic heterocycles. The number of rotatable bonds is 4. The second-order valence-electron chi connectivity index (χ2n) is 4.47. The van der Waals surface area contributed by atoms with Gasteiger partial charge in [0.2, 0.25) is 5.89 Å². The van der Waals surface area contributed by atoms with Crippen molar-refractivity contribution in [3.05, 3.63) is 11.7 Å². The van der Waals surface area contributed by atoms with Crippen LogP contribution in [0.25, 0.3) is 0 Å². The Labute approximate surface area is 101 Å². The van der Waals surface area contributed by atoms with Gasteiger partial charge in [0.25, 0.3) is 0 Å². The molecule has 1 aromatic heterocycles. The molecule has 0 spiro atoms. The first-order valence-corrected chi connectivity index (χ1v) is 5.99. The van der Waals surface area contributed by atoms with Crippen molar-refractivity contribution in [3.63, 3.8) is 0 Å². The molecule has 1 aromatic rings. The maximum absolute atomic E-state index is 5.81. The number of aromatic nitrogens is 2. The zero-order chi connectivity index (χ0) is 12.3. The van der Waals surface area contributed by atoms with Crippen LogP contribution in [0.4, 0.5) is 0 Å². The van der Waals surface area contributed by atoms with E-state index < -0.39 is 0 Å². The van der Waals surface area contributed by atoms with Crippen LogP contribution in [0, 0.1) is 6.92 Å². The van der Waals surface area contributed by atoms with E-state index in [-0.39, 0.29) is 0 Å². The molecule has 1 aliphatic rings. The Hall–Kier alpha value is -0.980. The molecule has 0 saturated carbocycles. The number of hydrogen-bond donors (Lipinski definition) is 1. The van der Waals surface area contributed by atoms with Gasteiger partial charge in [0.05, 0.1) is 12.6 Å². The Morgan fingerprint density at radius 2 is 2.41 bits per heavy atom. The average Bonchev–Trinajstić information content (AvgIpc) is 2.75. The molecule has 0 aromatic carbocycles. The Bertz CT molecular complexity index is 355. The highest BCUT2D eigenvalue weighted by molar-refractivity contribution is 4.89. The molecule has 2 heterocycles. The lowest BCUT2D eigenvalue weighted by atomic mass is 9.99. The van der Waals surface area contributed by atoms with E-state index in [4.69, 9.17) is 15.0 Å². The number of likely N-dealkylation sites (tertiary alicyclic amines) is 1. The Morgan fingerprint density at radius 3 is 3.00 bits per heavy atom. The van der Waals surface area contributed by atoms with Gasteiger partial charge in [0, 0.05) is 33.2 Å². The van der Waals surface area contributed by atoms with Crippen LogP contribution in [-0.4, -0.2) is 47.4 Å². The average molecular weight is 240 g/mol. The molecule has 6 heteroatoms. The third kappa shape index (κ3) is 3.02. The quantitative estimate of drug-likeness (QED) is 0.816. The van der Waals surface area contributed by atoms with E-state index in [0.717, 1.165) is 25.2 Å². The summed E-state index contributed by atoms with van der Waals surface area (Å²) in [4.78, 5) is 6.53. The largest absolute Gasteiger partial charge is 0.381 e. The molecule has 2 rings (SSSR count). The predicted octanol–water partition coefficient (Wildman–Crippen LogP) is 0.316. The second kappa shape index (κ2) is 5.57. The summed E-state index contributed by atoms with van der Waals surface area (Å²) in [5.41, 5.74) is 5.81. The SMILES string of the molecule is COC1CCN(Cc2noc(C)n2)C(CN)C1. The third-order valence-electron chi connectivity index (χ3n) is 3.31. The normalized spacial score (nSPS) is 26.3. The third-order valence-corrected chi connectivity index (χ3v) is 3.31. The fraction of sp³-hybridized carbons (Fsp3) is 0.818. The van der Waals surface area contributed by atoms with E-state index >= 15 is 0 Å². The number of aryl methyl sites for hydroxylation is 1. The van der Waals surface area contributed by atoms with E-state index in [9.17, 15) is 0 Å². The Balaban J connectivity index is 1.95. The Kier molecular flexibility index (Phi) is 4.09. The van der Waals surface area contributed by atoms with Gasteiger partial charge in [0.1, 0.15) is 0 Å². The minimum atomic E-state index is 0.326. The first-order valence-electron chi connectivity index (χ1n) is 5.99. The van der Waals surface area contributed by atoms with Crippen LogP contribution in [0.3, 0.4) is 0 Å². The molecule has 1 fully saturated rings. The lowest BCUT2D eigenvalue weighted by Crippen LogP contribution is -2.48. The molecule has 96 valence electrons. The zero-order valence-corrected chi connectivity index (χ0v) is 10.4. The van der Waals surface area contributed by atoms with Crippen molar-refractivity contribution in [2.75, 3.05) is 20.2 Å². The van der Waals surface area contributed by atoms with Crippen LogP contribution in [0.2, 0.25) is 0 Å². The highest BCUT2D eigenvalue weighted by Crippen LogP contribution is 2.20. The summed E-state index contributed by atoms with van der Waals surface area (Å²) in [6, 6.07) is 0.340. The topological polar surface area (TPSA) is 77.4 Å². The van der Waals surface area contributed by atoms with Gasteiger partial charge in [-0.2, -0.15) is 4.98 Å². The fourth-order valence-electron chi connectivity index (χ4n) is 2.32. The van der Waals surface area contributed by atoms with Crippen LogP contribution in [-0.2, 0) is 11.3 Å². The van der Waals surface area contributed by atoms with Gasteiger partial charge in [-0.25, -0.2) is 0 Å². The summed E-state index contributed by atoms with van der Waals surface area (Å²) in [6.07, 6.45) is 2.33. The minimum absolute atomic E-state index is 0.326. The van der Waals surface area contributed by atoms with Crippen molar-refractivity contribution in [2.45, 2.75) is 38.5 Å². The molecule has 0 aliphatic carbocycles. The number of hydrogen-bond acceptors (Lipinski definition) is 6. The van der Waals surface area contributed by atoms with Crippen LogP contribution in [0.5, 0.6) is 0 Å². The molecule has 2 unspecified atom stereocenters. The number of methoxy groups -OCH3 is 1. The summed E-state index contributed by atoms with van der Waals surface area (Å²) >= 11 is 0. The van der Waals surface area contributed by atoms with Gasteiger partial charge in [-0.3, -0.25) is 4.90 Å². The molecular weight excluding hydrogens is 220 g/mol. The van der Waals surface area contributed by atoms with Crippen LogP contribution < -0.4 is 5.73 Å². The highest BCUT2D eigenvalue weighted by atomic mass is 16.5. The maximum Gasteiger partial charge on any atom is 0.223 e. The summed E-state index contributed by atoms with van der Waals surface area (Å²) in [5, 5.41) is 3.92. The maximum atomic E-state index is 5.81. The van der Waals surface area contributed by atoms with E-state index in [2.05, 4.69) is 15.0 Å². The van der Waals surface area contributed by atoms with Crippen molar-refractivity contribution in [1.82, 2.24) is 15.0 Å². The van der Waals surface area contributed by atoms with Crippen molar-refractivity contribution >= 4 is 0 Å². The molecule has 0 radical (unpaired) electrons. The number of ether oxygens (including phenoxy) is 1. The lowest BCUT2D eigenvalue weighted by Gasteiger charge is -2.37. The van der Waals surface area contributed by atoms with Crippen molar-refractivity contribution in [1.29, 1.82) is 0 Å². The molecule has 1 saturated heterocycles. The van der Waals surface area contributed by atoms with Gasteiger partial charge in [-0.15, -0.1) is 0 Å². The molecule has 2 N–H and O–H groups in total. The number of piperidine rings is 1. The first kappa shape index (κ1) is 12.5. The molecule has 0 amide bonds. The molecule has 0 bridgehead atoms. The fourth-order valence-corrected chi connectivity index (χ4v) is 2.32. The zero-order valence-electron chi connectivity index (χ0n) is 10.4. The van der Waals surface area contributed by atoms with Crippen molar-refractivity contribution < 1.29 is 9.26 Å². The van der Waals surface area contributed by atoms with Gasteiger partial charge in [-0.05, 0) is 12.8 Å². The van der Waals surface area contributed by atoms with Crippen LogP contribution >= 0.6 is 0 Å². The monoisotopic (exact) mass is 240 g/mol. The molecule has 6 nitrogen and oxygen atoms in total. The summed E-state index contributed by atoms with van der Waals surface area (Å²) in [5.74, 6) is 1.34. The molecular formula is C11H20N4O2.